The Morgan fingerprint density at radius 3 is 3.07 bits per heavy atom. The van der Waals surface area contributed by atoms with E-state index in [9.17, 15) is 4.79 Å². The summed E-state index contributed by atoms with van der Waals surface area (Å²) in [4.78, 5) is 16.5. The molecule has 0 spiro atoms. The zero-order chi connectivity index (χ0) is 18.8. The zero-order valence-electron chi connectivity index (χ0n) is 15.7. The second kappa shape index (κ2) is 7.64. The number of carbonyl (C=O) groups excluding carboxylic acids is 1. The number of fused-ring (bicyclic) bond motifs is 3. The van der Waals surface area contributed by atoms with Crippen molar-refractivity contribution in [2.45, 2.75) is 44.6 Å². The predicted molar refractivity (Wildman–Crippen MR) is 99.4 cm³/mol. The van der Waals surface area contributed by atoms with Crippen LogP contribution in [0.2, 0.25) is 0 Å². The number of allylic oxidation sites excluding steroid dienone is 1. The number of hydrogen-bond acceptors (Lipinski definition) is 6. The highest BCUT2D eigenvalue weighted by Crippen LogP contribution is 2.42. The van der Waals surface area contributed by atoms with Crippen LogP contribution in [0, 0.1) is 5.92 Å². The van der Waals surface area contributed by atoms with Gasteiger partial charge in [0, 0.05) is 26.0 Å². The number of aromatic nitrogens is 4. The molecule has 0 aromatic carbocycles. The van der Waals surface area contributed by atoms with Crippen LogP contribution in [0.15, 0.2) is 12.3 Å². The average Bonchev–Trinajstić information content (AvgIpc) is 3.38. The Kier molecular flexibility index (Phi) is 5.07. The highest BCUT2D eigenvalue weighted by Gasteiger charge is 2.39. The summed E-state index contributed by atoms with van der Waals surface area (Å²) in [5.41, 5.74) is 2.90. The highest BCUT2D eigenvalue weighted by molar-refractivity contribution is 5.67. The number of methoxy groups -OCH3 is 1. The molecule has 8 heteroatoms. The third-order valence-corrected chi connectivity index (χ3v) is 5.53. The first-order chi connectivity index (χ1) is 13.2. The van der Waals surface area contributed by atoms with Crippen molar-refractivity contribution in [2.24, 2.45) is 5.92 Å². The van der Waals surface area contributed by atoms with Crippen LogP contribution in [0.4, 0.5) is 4.79 Å². The second-order valence-corrected chi connectivity index (χ2v) is 7.14. The van der Waals surface area contributed by atoms with E-state index in [1.54, 1.807) is 13.3 Å². The van der Waals surface area contributed by atoms with Crippen LogP contribution in [-0.2, 0) is 15.9 Å². The monoisotopic (exact) mass is 371 g/mol. The first-order valence-electron chi connectivity index (χ1n) is 9.54. The third kappa shape index (κ3) is 3.41. The average molecular weight is 371 g/mol. The molecular weight excluding hydrogens is 346 g/mol. The fraction of sp³-hybridized carbons (Fsp3) is 0.579. The maximum atomic E-state index is 12.0. The van der Waals surface area contributed by atoms with Gasteiger partial charge in [-0.05, 0) is 24.8 Å². The van der Waals surface area contributed by atoms with Crippen molar-refractivity contribution >= 4 is 17.8 Å². The summed E-state index contributed by atoms with van der Waals surface area (Å²) in [5, 5.41) is 11.5. The van der Waals surface area contributed by atoms with Crippen LogP contribution in [0.5, 0.6) is 0 Å². The maximum Gasteiger partial charge on any atom is 0.407 e. The van der Waals surface area contributed by atoms with Crippen molar-refractivity contribution in [1.82, 2.24) is 24.9 Å². The molecule has 1 saturated carbocycles. The number of ether oxygens (including phenoxy) is 2. The largest absolute Gasteiger partial charge is 0.446 e. The van der Waals surface area contributed by atoms with Gasteiger partial charge in [0.05, 0.1) is 24.2 Å². The lowest BCUT2D eigenvalue weighted by Crippen LogP contribution is -2.30. The molecule has 0 aliphatic heterocycles. The van der Waals surface area contributed by atoms with Gasteiger partial charge in [0.25, 0.3) is 0 Å². The van der Waals surface area contributed by atoms with Crippen LogP contribution in [0.1, 0.15) is 49.3 Å². The minimum Gasteiger partial charge on any atom is -0.446 e. The van der Waals surface area contributed by atoms with Crippen molar-refractivity contribution in [2.75, 3.05) is 20.3 Å². The van der Waals surface area contributed by atoms with Crippen LogP contribution >= 0.6 is 0 Å². The van der Waals surface area contributed by atoms with Crippen molar-refractivity contribution < 1.29 is 14.3 Å². The number of nitrogens with zero attached hydrogens (tertiary/aromatic N) is 4. The quantitative estimate of drug-likeness (QED) is 0.784. The molecule has 4 rings (SSSR count). The van der Waals surface area contributed by atoms with E-state index in [2.05, 4.69) is 44.0 Å². The molecule has 1 N–H and O–H groups in total. The lowest BCUT2D eigenvalue weighted by Gasteiger charge is -2.16. The first kappa shape index (κ1) is 17.9. The van der Waals surface area contributed by atoms with E-state index in [0.717, 1.165) is 48.5 Å². The summed E-state index contributed by atoms with van der Waals surface area (Å²) >= 11 is 0. The summed E-state index contributed by atoms with van der Waals surface area (Å²) in [6.45, 7) is 3.09. The molecule has 27 heavy (non-hydrogen) atoms. The summed E-state index contributed by atoms with van der Waals surface area (Å²) in [6, 6.07) is 0. The van der Waals surface area contributed by atoms with E-state index in [-0.39, 0.29) is 18.1 Å². The van der Waals surface area contributed by atoms with E-state index in [4.69, 9.17) is 9.47 Å². The van der Waals surface area contributed by atoms with E-state index in [1.165, 1.54) is 0 Å². The Balaban J connectivity index is 1.54. The van der Waals surface area contributed by atoms with Gasteiger partial charge in [0.15, 0.2) is 5.65 Å². The van der Waals surface area contributed by atoms with E-state index >= 15 is 0 Å². The summed E-state index contributed by atoms with van der Waals surface area (Å²) < 4.78 is 12.7. The minimum atomic E-state index is -0.383. The number of nitrogens with one attached hydrogen (secondary N) is 1. The van der Waals surface area contributed by atoms with Crippen LogP contribution in [0.3, 0.4) is 0 Å². The molecule has 3 atom stereocenters. The Hall–Kier alpha value is -2.48. The predicted octanol–water partition coefficient (Wildman–Crippen LogP) is 2.34. The van der Waals surface area contributed by atoms with E-state index < -0.39 is 0 Å². The smallest absolute Gasteiger partial charge is 0.407 e. The Morgan fingerprint density at radius 2 is 2.26 bits per heavy atom. The molecule has 0 bridgehead atoms. The first-order valence-corrected chi connectivity index (χ1v) is 9.54. The molecule has 2 aromatic heterocycles. The number of rotatable bonds is 6. The van der Waals surface area contributed by atoms with Gasteiger partial charge in [-0.3, -0.25) is 9.38 Å². The third-order valence-electron chi connectivity index (χ3n) is 5.53. The molecular formula is C19H25N5O3. The van der Waals surface area contributed by atoms with E-state index in [0.29, 0.717) is 19.1 Å². The van der Waals surface area contributed by atoms with Gasteiger partial charge in [-0.1, -0.05) is 19.4 Å². The summed E-state index contributed by atoms with van der Waals surface area (Å²) in [5.74, 6) is 1.57. The molecule has 2 aliphatic rings. The van der Waals surface area contributed by atoms with Crippen molar-refractivity contribution in [3.05, 3.63) is 29.5 Å². The fourth-order valence-corrected chi connectivity index (χ4v) is 4.21. The van der Waals surface area contributed by atoms with Crippen LogP contribution < -0.4 is 5.32 Å². The standard InChI is InChI=1S/C19H25N5O3/c1-3-12-9-13(27-19(25)20-7-8-26-2)10-14(12)18-23-22-17-11-21-15-5-4-6-16(15)24(17)18/h4,6,11-14H,3,5,7-10H2,1-2H3,(H,20,25)/t12-,13+,14+/m1/s1. The van der Waals surface area contributed by atoms with Gasteiger partial charge in [-0.15, -0.1) is 10.2 Å². The number of alkyl carbamates (subject to hydrolysis) is 1. The molecule has 0 radical (unpaired) electrons. The summed E-state index contributed by atoms with van der Waals surface area (Å²) in [6.07, 6.45) is 8.96. The van der Waals surface area contributed by atoms with Crippen molar-refractivity contribution in [1.29, 1.82) is 0 Å². The number of amides is 1. The Labute approximate surface area is 158 Å². The lowest BCUT2D eigenvalue weighted by atomic mass is 9.93. The topological polar surface area (TPSA) is 90.6 Å². The normalized spacial score (nSPS) is 23.7. The van der Waals surface area contributed by atoms with Gasteiger partial charge in [-0.25, -0.2) is 4.79 Å². The van der Waals surface area contributed by atoms with Gasteiger partial charge < -0.3 is 14.8 Å². The van der Waals surface area contributed by atoms with E-state index in [1.807, 2.05) is 0 Å². The molecule has 2 heterocycles. The maximum absolute atomic E-state index is 12.0. The zero-order valence-corrected chi connectivity index (χ0v) is 15.7. The SMILES string of the molecule is CC[C@@H]1C[C@H](OC(=O)NCCOC)C[C@@H]1c1nnc2cnc3c(n12)C=CC3. The lowest BCUT2D eigenvalue weighted by molar-refractivity contribution is 0.0951. The molecule has 2 aliphatic carbocycles. The van der Waals surface area contributed by atoms with Gasteiger partial charge in [-0.2, -0.15) is 0 Å². The molecule has 0 saturated heterocycles. The Morgan fingerprint density at radius 1 is 1.37 bits per heavy atom. The van der Waals surface area contributed by atoms with Crippen molar-refractivity contribution in [3.8, 4) is 0 Å². The molecule has 1 fully saturated rings. The number of carbonyl (C=O) groups is 1. The molecule has 1 amide bonds. The van der Waals surface area contributed by atoms with Gasteiger partial charge >= 0.3 is 6.09 Å². The molecule has 8 nitrogen and oxygen atoms in total. The molecule has 2 aromatic rings. The van der Waals surface area contributed by atoms with Crippen molar-refractivity contribution in [3.63, 3.8) is 0 Å². The number of hydrogen-bond donors (Lipinski definition) is 1. The molecule has 0 unspecified atom stereocenters. The summed E-state index contributed by atoms with van der Waals surface area (Å²) in [7, 11) is 1.60. The second-order valence-electron chi connectivity index (χ2n) is 7.14. The Bertz CT molecular complexity index is 862. The highest BCUT2D eigenvalue weighted by atomic mass is 16.6. The van der Waals surface area contributed by atoms with Gasteiger partial charge in [0.1, 0.15) is 11.9 Å². The fourth-order valence-electron chi connectivity index (χ4n) is 4.21. The van der Waals surface area contributed by atoms with Crippen LogP contribution in [0.25, 0.3) is 11.7 Å². The minimum absolute atomic E-state index is 0.111. The van der Waals surface area contributed by atoms with Crippen LogP contribution in [-0.4, -0.2) is 52.0 Å². The van der Waals surface area contributed by atoms with Gasteiger partial charge in [0.2, 0.25) is 0 Å². The molecule has 144 valence electrons.